The van der Waals surface area contributed by atoms with Gasteiger partial charge in [-0.05, 0) is 42.0 Å². The molecular formula is C24H20ClN3O3. The number of nitrogens with one attached hydrogen (secondary N) is 2. The number of aromatic nitrogens is 2. The molecule has 2 N–H and O–H groups in total. The summed E-state index contributed by atoms with van der Waals surface area (Å²) in [5, 5.41) is 3.40. The molecule has 0 saturated heterocycles. The minimum atomic E-state index is -0.326. The molecule has 4 rings (SSSR count). The van der Waals surface area contributed by atoms with Gasteiger partial charge in [-0.2, -0.15) is 0 Å². The molecule has 1 aromatic heterocycles. The molecule has 31 heavy (non-hydrogen) atoms. The molecule has 0 aliphatic carbocycles. The normalized spacial score (nSPS) is 10.5. The Morgan fingerprint density at radius 1 is 1.00 bits per heavy atom. The average molecular weight is 434 g/mol. The predicted molar refractivity (Wildman–Crippen MR) is 122 cm³/mol. The van der Waals surface area contributed by atoms with Crippen molar-refractivity contribution in [2.75, 3.05) is 19.5 Å². The number of methoxy groups -OCH3 is 2. The summed E-state index contributed by atoms with van der Waals surface area (Å²) in [4.78, 5) is 20.6. The zero-order valence-electron chi connectivity index (χ0n) is 17.0. The Bertz CT molecular complexity index is 1220. The molecule has 3 aromatic carbocycles. The van der Waals surface area contributed by atoms with Gasteiger partial charge in [0.25, 0.3) is 5.91 Å². The quantitative estimate of drug-likeness (QED) is 0.411. The van der Waals surface area contributed by atoms with Gasteiger partial charge >= 0.3 is 0 Å². The van der Waals surface area contributed by atoms with Crippen LogP contribution >= 0.6 is 11.6 Å². The SMILES string of the molecule is COc1ccc(OC)c(C(=O)Nc2ccc(Cl)c(-c3ncc(-c4ccccc4)[nH]3)c2)c1. The topological polar surface area (TPSA) is 76.2 Å². The fourth-order valence-electron chi connectivity index (χ4n) is 3.20. The first kappa shape index (κ1) is 20.5. The minimum absolute atomic E-state index is 0.326. The highest BCUT2D eigenvalue weighted by Gasteiger charge is 2.16. The summed E-state index contributed by atoms with van der Waals surface area (Å²) in [5.41, 5.74) is 3.52. The van der Waals surface area contributed by atoms with Crippen LogP contribution in [0.4, 0.5) is 5.69 Å². The van der Waals surface area contributed by atoms with E-state index in [1.807, 2.05) is 30.3 Å². The van der Waals surface area contributed by atoms with Crippen LogP contribution in [-0.4, -0.2) is 30.1 Å². The van der Waals surface area contributed by atoms with Crippen molar-refractivity contribution < 1.29 is 14.3 Å². The second kappa shape index (κ2) is 8.93. The molecule has 0 atom stereocenters. The Morgan fingerprint density at radius 3 is 2.55 bits per heavy atom. The monoisotopic (exact) mass is 433 g/mol. The molecule has 0 saturated carbocycles. The van der Waals surface area contributed by atoms with Crippen molar-refractivity contribution in [2.24, 2.45) is 0 Å². The molecule has 0 fully saturated rings. The van der Waals surface area contributed by atoms with Crippen LogP contribution in [0.15, 0.2) is 72.9 Å². The fourth-order valence-corrected chi connectivity index (χ4v) is 3.40. The van der Waals surface area contributed by atoms with Gasteiger partial charge in [-0.3, -0.25) is 4.79 Å². The van der Waals surface area contributed by atoms with Crippen LogP contribution in [0.25, 0.3) is 22.6 Å². The minimum Gasteiger partial charge on any atom is -0.497 e. The van der Waals surface area contributed by atoms with E-state index in [0.717, 1.165) is 11.3 Å². The molecule has 7 heteroatoms. The molecule has 0 spiro atoms. The molecule has 1 heterocycles. The number of imidazole rings is 1. The summed E-state index contributed by atoms with van der Waals surface area (Å²) in [5.74, 6) is 1.30. The fraction of sp³-hybridized carbons (Fsp3) is 0.0833. The highest BCUT2D eigenvalue weighted by atomic mass is 35.5. The lowest BCUT2D eigenvalue weighted by Crippen LogP contribution is -2.13. The maximum Gasteiger partial charge on any atom is 0.259 e. The van der Waals surface area contributed by atoms with E-state index in [4.69, 9.17) is 21.1 Å². The number of amides is 1. The zero-order valence-corrected chi connectivity index (χ0v) is 17.7. The summed E-state index contributed by atoms with van der Waals surface area (Å²) in [6.45, 7) is 0. The van der Waals surface area contributed by atoms with E-state index in [2.05, 4.69) is 15.3 Å². The Morgan fingerprint density at radius 2 is 1.81 bits per heavy atom. The summed E-state index contributed by atoms with van der Waals surface area (Å²) >= 11 is 6.42. The summed E-state index contributed by atoms with van der Waals surface area (Å²) in [6, 6.07) is 20.2. The second-order valence-electron chi connectivity index (χ2n) is 6.73. The lowest BCUT2D eigenvalue weighted by atomic mass is 10.1. The first-order valence-electron chi connectivity index (χ1n) is 9.53. The first-order chi connectivity index (χ1) is 15.1. The third kappa shape index (κ3) is 4.39. The molecule has 156 valence electrons. The molecule has 0 unspecified atom stereocenters. The van der Waals surface area contributed by atoms with Crippen LogP contribution in [0.3, 0.4) is 0 Å². The molecule has 4 aromatic rings. The maximum absolute atomic E-state index is 12.9. The third-order valence-corrected chi connectivity index (χ3v) is 5.12. The first-order valence-corrected chi connectivity index (χ1v) is 9.90. The zero-order chi connectivity index (χ0) is 21.8. The van der Waals surface area contributed by atoms with Crippen LogP contribution in [0.2, 0.25) is 5.02 Å². The Balaban J connectivity index is 1.62. The maximum atomic E-state index is 12.9. The number of benzene rings is 3. The van der Waals surface area contributed by atoms with E-state index in [9.17, 15) is 4.79 Å². The largest absolute Gasteiger partial charge is 0.497 e. The van der Waals surface area contributed by atoms with Gasteiger partial charge in [0.1, 0.15) is 17.3 Å². The lowest BCUT2D eigenvalue weighted by molar-refractivity contribution is 0.102. The van der Waals surface area contributed by atoms with Gasteiger partial charge in [-0.25, -0.2) is 4.98 Å². The Kier molecular flexibility index (Phi) is 5.91. The summed E-state index contributed by atoms with van der Waals surface area (Å²) in [6.07, 6.45) is 1.76. The number of aromatic amines is 1. The van der Waals surface area contributed by atoms with Gasteiger partial charge in [0.15, 0.2) is 0 Å². The predicted octanol–water partition coefficient (Wildman–Crippen LogP) is 5.67. The summed E-state index contributed by atoms with van der Waals surface area (Å²) in [7, 11) is 3.06. The number of ether oxygens (including phenoxy) is 2. The van der Waals surface area contributed by atoms with Crippen molar-refractivity contribution >= 4 is 23.2 Å². The number of rotatable bonds is 6. The van der Waals surface area contributed by atoms with E-state index in [-0.39, 0.29) is 5.91 Å². The van der Waals surface area contributed by atoms with Gasteiger partial charge in [0, 0.05) is 11.3 Å². The lowest BCUT2D eigenvalue weighted by Gasteiger charge is -2.12. The van der Waals surface area contributed by atoms with E-state index in [0.29, 0.717) is 39.2 Å². The number of hydrogen-bond acceptors (Lipinski definition) is 4. The van der Waals surface area contributed by atoms with E-state index in [1.165, 1.54) is 7.11 Å². The smallest absolute Gasteiger partial charge is 0.259 e. The Labute approximate surface area is 184 Å². The number of carbonyl (C=O) groups excluding carboxylic acids is 1. The number of hydrogen-bond donors (Lipinski definition) is 2. The van der Waals surface area contributed by atoms with Gasteiger partial charge in [-0.15, -0.1) is 0 Å². The molecule has 0 aliphatic heterocycles. The molecule has 0 bridgehead atoms. The number of nitrogens with zero attached hydrogens (tertiary/aromatic N) is 1. The van der Waals surface area contributed by atoms with E-state index >= 15 is 0 Å². The molecule has 0 radical (unpaired) electrons. The van der Waals surface area contributed by atoms with Crippen molar-refractivity contribution in [3.63, 3.8) is 0 Å². The van der Waals surface area contributed by atoms with Gasteiger partial charge in [0.2, 0.25) is 0 Å². The number of anilines is 1. The molecule has 1 amide bonds. The van der Waals surface area contributed by atoms with Crippen molar-refractivity contribution in [3.8, 4) is 34.1 Å². The van der Waals surface area contributed by atoms with Crippen LogP contribution < -0.4 is 14.8 Å². The summed E-state index contributed by atoms with van der Waals surface area (Å²) < 4.78 is 10.5. The van der Waals surface area contributed by atoms with Crippen molar-refractivity contribution in [2.45, 2.75) is 0 Å². The van der Waals surface area contributed by atoms with Gasteiger partial charge in [0.05, 0.1) is 36.7 Å². The number of carbonyl (C=O) groups is 1. The van der Waals surface area contributed by atoms with E-state index < -0.39 is 0 Å². The Hall–Kier alpha value is -3.77. The van der Waals surface area contributed by atoms with Crippen LogP contribution in [0, 0.1) is 0 Å². The third-order valence-electron chi connectivity index (χ3n) is 4.79. The molecule has 6 nitrogen and oxygen atoms in total. The van der Waals surface area contributed by atoms with E-state index in [1.54, 1.807) is 49.7 Å². The molecule has 0 aliphatic rings. The number of H-pyrrole nitrogens is 1. The van der Waals surface area contributed by atoms with Crippen molar-refractivity contribution in [3.05, 3.63) is 83.5 Å². The highest BCUT2D eigenvalue weighted by Crippen LogP contribution is 2.31. The van der Waals surface area contributed by atoms with Crippen molar-refractivity contribution in [1.29, 1.82) is 0 Å². The van der Waals surface area contributed by atoms with Crippen molar-refractivity contribution in [1.82, 2.24) is 9.97 Å². The molecular weight excluding hydrogens is 414 g/mol. The van der Waals surface area contributed by atoms with Gasteiger partial charge in [-0.1, -0.05) is 41.9 Å². The number of halogens is 1. The standard InChI is InChI=1S/C24H20ClN3O3/c1-30-17-9-11-22(31-2)19(13-17)24(29)27-16-8-10-20(25)18(12-16)23-26-14-21(28-23)15-6-4-3-5-7-15/h3-14H,1-2H3,(H,26,28)(H,27,29). The van der Waals surface area contributed by atoms with Crippen LogP contribution in [0.5, 0.6) is 11.5 Å². The van der Waals surface area contributed by atoms with Gasteiger partial charge < -0.3 is 19.8 Å². The van der Waals surface area contributed by atoms with Crippen LogP contribution in [-0.2, 0) is 0 Å². The second-order valence-corrected chi connectivity index (χ2v) is 7.13. The van der Waals surface area contributed by atoms with Crippen LogP contribution in [0.1, 0.15) is 10.4 Å². The highest BCUT2D eigenvalue weighted by molar-refractivity contribution is 6.33. The average Bonchev–Trinajstić information content (AvgIpc) is 3.30.